The lowest BCUT2D eigenvalue weighted by atomic mass is 10.2. The standard InChI is InChI=1S/C12H9IN4S/c1-14-12-8(13)6-16-11(17-12)7-4-10-9(15-5-7)2-3-18-10/h2-6H,1H3,(H,14,16,17). The zero-order chi connectivity index (χ0) is 12.5. The zero-order valence-corrected chi connectivity index (χ0v) is 12.5. The molecular formula is C12H9IN4S. The van der Waals surface area contributed by atoms with Crippen molar-refractivity contribution in [1.82, 2.24) is 15.0 Å². The minimum absolute atomic E-state index is 0.697. The Morgan fingerprint density at radius 2 is 2.17 bits per heavy atom. The van der Waals surface area contributed by atoms with Crippen molar-refractivity contribution >= 4 is 50.0 Å². The van der Waals surface area contributed by atoms with Crippen LogP contribution >= 0.6 is 33.9 Å². The highest BCUT2D eigenvalue weighted by Gasteiger charge is 2.07. The van der Waals surface area contributed by atoms with Crippen LogP contribution in [0.2, 0.25) is 0 Å². The van der Waals surface area contributed by atoms with E-state index in [1.165, 1.54) is 0 Å². The van der Waals surface area contributed by atoms with Crippen LogP contribution < -0.4 is 5.32 Å². The summed E-state index contributed by atoms with van der Waals surface area (Å²) in [7, 11) is 1.86. The normalized spacial score (nSPS) is 10.8. The van der Waals surface area contributed by atoms with Crippen molar-refractivity contribution in [3.8, 4) is 11.4 Å². The minimum Gasteiger partial charge on any atom is -0.372 e. The first-order valence-corrected chi connectivity index (χ1v) is 7.27. The lowest BCUT2D eigenvalue weighted by Crippen LogP contribution is -1.99. The fourth-order valence-corrected chi connectivity index (χ4v) is 2.96. The highest BCUT2D eigenvalue weighted by atomic mass is 127. The number of aromatic nitrogens is 3. The van der Waals surface area contributed by atoms with Crippen molar-refractivity contribution in [3.63, 3.8) is 0 Å². The van der Waals surface area contributed by atoms with Gasteiger partial charge < -0.3 is 5.32 Å². The van der Waals surface area contributed by atoms with Crippen molar-refractivity contribution in [2.24, 2.45) is 0 Å². The van der Waals surface area contributed by atoms with Gasteiger partial charge in [-0.15, -0.1) is 11.3 Å². The maximum atomic E-state index is 4.49. The van der Waals surface area contributed by atoms with E-state index < -0.39 is 0 Å². The molecule has 0 radical (unpaired) electrons. The Balaban J connectivity index is 2.13. The first kappa shape index (κ1) is 11.8. The third-order valence-corrected chi connectivity index (χ3v) is 4.18. The summed E-state index contributed by atoms with van der Waals surface area (Å²) in [6.07, 6.45) is 3.63. The molecule has 0 fully saturated rings. The number of hydrogen-bond donors (Lipinski definition) is 1. The number of hydrogen-bond acceptors (Lipinski definition) is 5. The van der Waals surface area contributed by atoms with E-state index in [1.807, 2.05) is 30.9 Å². The van der Waals surface area contributed by atoms with Gasteiger partial charge in [-0.3, -0.25) is 4.98 Å². The molecule has 3 heterocycles. The summed E-state index contributed by atoms with van der Waals surface area (Å²) in [5, 5.41) is 5.10. The Labute approximate surface area is 122 Å². The van der Waals surface area contributed by atoms with E-state index >= 15 is 0 Å². The molecule has 0 saturated heterocycles. The second-order valence-electron chi connectivity index (χ2n) is 3.67. The summed E-state index contributed by atoms with van der Waals surface area (Å²) in [5.74, 6) is 1.54. The SMILES string of the molecule is CNc1nc(-c2cnc3ccsc3c2)ncc1I. The average Bonchev–Trinajstić information content (AvgIpc) is 2.86. The summed E-state index contributed by atoms with van der Waals surface area (Å²) in [4.78, 5) is 13.2. The van der Waals surface area contributed by atoms with Crippen molar-refractivity contribution in [1.29, 1.82) is 0 Å². The van der Waals surface area contributed by atoms with Gasteiger partial charge in [0.25, 0.3) is 0 Å². The molecule has 0 unspecified atom stereocenters. The molecule has 18 heavy (non-hydrogen) atoms. The Kier molecular flexibility index (Phi) is 3.13. The molecule has 0 aromatic carbocycles. The number of anilines is 1. The molecule has 3 aromatic heterocycles. The third-order valence-electron chi connectivity index (χ3n) is 2.54. The average molecular weight is 368 g/mol. The molecule has 0 amide bonds. The lowest BCUT2D eigenvalue weighted by molar-refractivity contribution is 1.15. The number of pyridine rings is 1. The first-order chi connectivity index (χ1) is 8.78. The van der Waals surface area contributed by atoms with Gasteiger partial charge in [0.05, 0.1) is 13.8 Å². The van der Waals surface area contributed by atoms with Crippen molar-refractivity contribution < 1.29 is 0 Å². The molecule has 4 nitrogen and oxygen atoms in total. The molecular weight excluding hydrogens is 359 g/mol. The van der Waals surface area contributed by atoms with E-state index in [0.717, 1.165) is 25.2 Å². The number of fused-ring (bicyclic) bond motifs is 1. The second-order valence-corrected chi connectivity index (χ2v) is 5.78. The molecule has 0 aliphatic heterocycles. The fourth-order valence-electron chi connectivity index (χ4n) is 1.65. The Hall–Kier alpha value is -1.28. The highest BCUT2D eigenvalue weighted by Crippen LogP contribution is 2.25. The van der Waals surface area contributed by atoms with Gasteiger partial charge >= 0.3 is 0 Å². The smallest absolute Gasteiger partial charge is 0.163 e. The summed E-state index contributed by atoms with van der Waals surface area (Å²) >= 11 is 3.88. The summed E-state index contributed by atoms with van der Waals surface area (Å²) in [5.41, 5.74) is 1.96. The van der Waals surface area contributed by atoms with Crippen LogP contribution in [0.5, 0.6) is 0 Å². The van der Waals surface area contributed by atoms with E-state index in [0.29, 0.717) is 5.82 Å². The molecule has 1 N–H and O–H groups in total. The Bertz CT molecular complexity index is 710. The molecule has 0 aliphatic carbocycles. The van der Waals surface area contributed by atoms with Crippen molar-refractivity contribution in [3.05, 3.63) is 33.5 Å². The van der Waals surface area contributed by atoms with Gasteiger partial charge in [0, 0.05) is 25.0 Å². The molecule has 3 aromatic rings. The van der Waals surface area contributed by atoms with Crippen LogP contribution in [0.1, 0.15) is 0 Å². The van der Waals surface area contributed by atoms with E-state index in [1.54, 1.807) is 11.3 Å². The summed E-state index contributed by atoms with van der Waals surface area (Å²) in [6, 6.07) is 4.09. The van der Waals surface area contributed by atoms with Gasteiger partial charge in [-0.1, -0.05) is 0 Å². The monoisotopic (exact) mass is 368 g/mol. The largest absolute Gasteiger partial charge is 0.372 e. The van der Waals surface area contributed by atoms with Crippen molar-refractivity contribution in [2.75, 3.05) is 12.4 Å². The molecule has 0 atom stereocenters. The number of halogens is 1. The first-order valence-electron chi connectivity index (χ1n) is 5.32. The van der Waals surface area contributed by atoms with Crippen molar-refractivity contribution in [2.45, 2.75) is 0 Å². The summed E-state index contributed by atoms with van der Waals surface area (Å²) < 4.78 is 2.16. The molecule has 90 valence electrons. The van der Waals surface area contributed by atoms with Gasteiger partial charge in [0.2, 0.25) is 0 Å². The number of rotatable bonds is 2. The Morgan fingerprint density at radius 3 is 3.00 bits per heavy atom. The van der Waals surface area contributed by atoms with Crippen LogP contribution in [0.3, 0.4) is 0 Å². The van der Waals surface area contributed by atoms with Crippen LogP contribution in [-0.2, 0) is 0 Å². The highest BCUT2D eigenvalue weighted by molar-refractivity contribution is 14.1. The van der Waals surface area contributed by atoms with Gasteiger partial charge in [-0.2, -0.15) is 0 Å². The van der Waals surface area contributed by atoms with Gasteiger partial charge in [-0.05, 0) is 40.1 Å². The van der Waals surface area contributed by atoms with E-state index in [4.69, 9.17) is 0 Å². The molecule has 6 heteroatoms. The number of nitrogens with one attached hydrogen (secondary N) is 1. The fraction of sp³-hybridized carbons (Fsp3) is 0.0833. The van der Waals surface area contributed by atoms with Crippen LogP contribution in [0, 0.1) is 3.57 Å². The quantitative estimate of drug-likeness (QED) is 0.705. The van der Waals surface area contributed by atoms with E-state index in [-0.39, 0.29) is 0 Å². The Morgan fingerprint density at radius 1 is 1.28 bits per heavy atom. The van der Waals surface area contributed by atoms with Gasteiger partial charge in [-0.25, -0.2) is 9.97 Å². The van der Waals surface area contributed by atoms with Crippen LogP contribution in [-0.4, -0.2) is 22.0 Å². The minimum atomic E-state index is 0.697. The molecule has 0 aliphatic rings. The molecule has 0 saturated carbocycles. The maximum Gasteiger partial charge on any atom is 0.163 e. The second kappa shape index (κ2) is 4.77. The summed E-state index contributed by atoms with van der Waals surface area (Å²) in [6.45, 7) is 0. The number of nitrogens with zero attached hydrogens (tertiary/aromatic N) is 3. The number of thiophene rings is 1. The van der Waals surface area contributed by atoms with E-state index in [2.05, 4.69) is 48.9 Å². The van der Waals surface area contributed by atoms with E-state index in [9.17, 15) is 0 Å². The van der Waals surface area contributed by atoms with Gasteiger partial charge in [0.15, 0.2) is 5.82 Å². The predicted molar refractivity (Wildman–Crippen MR) is 82.9 cm³/mol. The van der Waals surface area contributed by atoms with Crippen LogP contribution in [0.25, 0.3) is 21.6 Å². The molecule has 0 bridgehead atoms. The molecule has 0 spiro atoms. The molecule has 3 rings (SSSR count). The predicted octanol–water partition coefficient (Wildman–Crippen LogP) is 3.40. The van der Waals surface area contributed by atoms with Crippen LogP contribution in [0.15, 0.2) is 29.9 Å². The zero-order valence-electron chi connectivity index (χ0n) is 9.51. The maximum absolute atomic E-state index is 4.49. The topological polar surface area (TPSA) is 50.7 Å². The van der Waals surface area contributed by atoms with Gasteiger partial charge in [0.1, 0.15) is 5.82 Å². The third kappa shape index (κ3) is 2.05. The van der Waals surface area contributed by atoms with Crippen LogP contribution in [0.4, 0.5) is 5.82 Å². The lowest BCUT2D eigenvalue weighted by Gasteiger charge is -2.05.